The molecule has 0 saturated heterocycles. The Morgan fingerprint density at radius 2 is 1.50 bits per heavy atom. The quantitative estimate of drug-likeness (QED) is 0.424. The van der Waals surface area contributed by atoms with Gasteiger partial charge in [0, 0.05) is 5.39 Å². The van der Waals surface area contributed by atoms with Crippen LogP contribution in [0.5, 0.6) is 0 Å². The molecule has 0 saturated carbocycles. The molecule has 3 aromatic carbocycles. The van der Waals surface area contributed by atoms with Crippen LogP contribution in [-0.2, 0) is 6.54 Å². The van der Waals surface area contributed by atoms with E-state index in [0.717, 1.165) is 13.1 Å². The van der Waals surface area contributed by atoms with Gasteiger partial charge in [0.15, 0.2) is 0 Å². The lowest BCUT2D eigenvalue weighted by Gasteiger charge is -2.22. The summed E-state index contributed by atoms with van der Waals surface area (Å²) >= 11 is 1.91. The first-order valence-corrected chi connectivity index (χ1v) is 9.14. The summed E-state index contributed by atoms with van der Waals surface area (Å²) in [5.74, 6) is 1.36. The van der Waals surface area contributed by atoms with Crippen LogP contribution in [0.25, 0.3) is 21.7 Å². The monoisotopic (exact) mass is 327 g/mol. The first-order chi connectivity index (χ1) is 11.9. The third-order valence-electron chi connectivity index (χ3n) is 5.13. The molecule has 3 heteroatoms. The molecule has 2 aliphatic rings. The number of hydrogen-bond acceptors (Lipinski definition) is 2. The normalized spacial score (nSPS) is 14.9. The summed E-state index contributed by atoms with van der Waals surface area (Å²) in [4.78, 5) is 5.24. The Morgan fingerprint density at radius 3 is 2.38 bits per heavy atom. The van der Waals surface area contributed by atoms with Gasteiger partial charge in [-0.15, -0.1) is 0 Å². The van der Waals surface area contributed by atoms with E-state index >= 15 is 0 Å². The minimum absolute atomic E-state index is 1.05. The number of hydrogen-bond donors (Lipinski definition) is 0. The molecule has 114 valence electrons. The average Bonchev–Trinajstić information content (AvgIpc) is 3.07. The van der Waals surface area contributed by atoms with Crippen LogP contribution >= 0.6 is 11.8 Å². The van der Waals surface area contributed by atoms with Gasteiger partial charge in [-0.25, -0.2) is 9.47 Å². The molecule has 0 unspecified atom stereocenters. The predicted octanol–water partition coefficient (Wildman–Crippen LogP) is 4.90. The highest BCUT2D eigenvalue weighted by atomic mass is 32.2. The molecule has 6 rings (SSSR count). The Morgan fingerprint density at radius 1 is 0.792 bits per heavy atom. The van der Waals surface area contributed by atoms with Gasteiger partial charge in [-0.3, -0.25) is 0 Å². The lowest BCUT2D eigenvalue weighted by molar-refractivity contribution is -0.646. The van der Waals surface area contributed by atoms with Gasteiger partial charge in [-0.1, -0.05) is 54.2 Å². The summed E-state index contributed by atoms with van der Waals surface area (Å²) in [5.41, 5.74) is 2.69. The molecule has 0 aliphatic carbocycles. The zero-order valence-electron chi connectivity index (χ0n) is 13.1. The van der Waals surface area contributed by atoms with Crippen molar-refractivity contribution >= 4 is 44.9 Å². The van der Waals surface area contributed by atoms with Crippen LogP contribution < -0.4 is 9.47 Å². The minimum Gasteiger partial charge on any atom is -0.222 e. The Bertz CT molecular complexity index is 1150. The van der Waals surface area contributed by atoms with E-state index in [4.69, 9.17) is 0 Å². The summed E-state index contributed by atoms with van der Waals surface area (Å²) in [6.07, 6.45) is 0. The van der Waals surface area contributed by atoms with Gasteiger partial charge in [-0.05, 0) is 35.0 Å². The second-order valence-corrected chi connectivity index (χ2v) is 7.55. The molecule has 3 heterocycles. The van der Waals surface area contributed by atoms with Crippen molar-refractivity contribution in [1.29, 1.82) is 0 Å². The molecule has 24 heavy (non-hydrogen) atoms. The van der Waals surface area contributed by atoms with Crippen LogP contribution in [-0.4, -0.2) is 6.54 Å². The fourth-order valence-corrected chi connectivity index (χ4v) is 5.24. The summed E-state index contributed by atoms with van der Waals surface area (Å²) in [6.45, 7) is 2.10. The van der Waals surface area contributed by atoms with Crippen LogP contribution in [0, 0.1) is 0 Å². The van der Waals surface area contributed by atoms with Gasteiger partial charge >= 0.3 is 0 Å². The predicted molar refractivity (Wildman–Crippen MR) is 99.2 cm³/mol. The van der Waals surface area contributed by atoms with Crippen molar-refractivity contribution in [3.8, 4) is 0 Å². The average molecular weight is 327 g/mol. The number of pyridine rings is 1. The first kappa shape index (κ1) is 12.8. The molecule has 0 radical (unpaired) electrons. The van der Waals surface area contributed by atoms with E-state index in [-0.39, 0.29) is 0 Å². The topological polar surface area (TPSA) is 7.12 Å². The molecule has 1 aromatic heterocycles. The SMILES string of the molecule is c1ccc2cc3c(cc2c1)Sc1cc2ccccc2[n+]2c1N3CC2. The number of nitrogens with zero attached hydrogens (tertiary/aromatic N) is 2. The maximum atomic E-state index is 2.50. The fraction of sp³-hybridized carbons (Fsp3) is 0.0952. The number of benzene rings is 3. The smallest absolute Gasteiger partial charge is 0.222 e. The number of rotatable bonds is 0. The van der Waals surface area contributed by atoms with Gasteiger partial charge in [0.1, 0.15) is 29.2 Å². The van der Waals surface area contributed by atoms with Crippen LogP contribution in [0.3, 0.4) is 0 Å². The number of para-hydroxylation sites is 1. The molecule has 0 fully saturated rings. The zero-order chi connectivity index (χ0) is 15.7. The lowest BCUT2D eigenvalue weighted by Crippen LogP contribution is -2.33. The van der Waals surface area contributed by atoms with E-state index in [0.29, 0.717) is 0 Å². The van der Waals surface area contributed by atoms with Crippen LogP contribution in [0.2, 0.25) is 0 Å². The molecule has 0 bridgehead atoms. The van der Waals surface area contributed by atoms with Crippen molar-refractivity contribution in [3.05, 3.63) is 66.7 Å². The molecular formula is C21H15N2S+. The van der Waals surface area contributed by atoms with Crippen molar-refractivity contribution in [1.82, 2.24) is 0 Å². The van der Waals surface area contributed by atoms with Gasteiger partial charge in [-0.2, -0.15) is 0 Å². The minimum atomic E-state index is 1.05. The summed E-state index contributed by atoms with van der Waals surface area (Å²) in [7, 11) is 0. The van der Waals surface area contributed by atoms with Crippen molar-refractivity contribution in [3.63, 3.8) is 0 Å². The fourth-order valence-electron chi connectivity index (χ4n) is 4.05. The highest BCUT2D eigenvalue weighted by Crippen LogP contribution is 2.49. The highest BCUT2D eigenvalue weighted by molar-refractivity contribution is 7.99. The number of fused-ring (bicyclic) bond motifs is 5. The third-order valence-corrected chi connectivity index (χ3v) is 6.20. The highest BCUT2D eigenvalue weighted by Gasteiger charge is 2.39. The Labute approximate surface area is 144 Å². The maximum Gasteiger partial charge on any atom is 0.296 e. The van der Waals surface area contributed by atoms with Crippen LogP contribution in [0.15, 0.2) is 76.5 Å². The standard InChI is InChI=1S/C21H15N2S/c1-2-6-15-12-19-18(11-14(15)5-1)23-10-9-22-17-8-4-3-7-16(17)13-20(24-19)21(22)23/h1-8,11-13H,9-10H2/q+1. The molecule has 0 atom stereocenters. The van der Waals surface area contributed by atoms with E-state index in [1.165, 1.54) is 43.0 Å². The van der Waals surface area contributed by atoms with Gasteiger partial charge in [0.2, 0.25) is 0 Å². The van der Waals surface area contributed by atoms with Crippen molar-refractivity contribution in [2.75, 3.05) is 11.4 Å². The molecule has 2 nitrogen and oxygen atoms in total. The van der Waals surface area contributed by atoms with E-state index in [2.05, 4.69) is 76.2 Å². The Kier molecular flexibility index (Phi) is 2.42. The zero-order valence-corrected chi connectivity index (χ0v) is 13.9. The van der Waals surface area contributed by atoms with E-state index < -0.39 is 0 Å². The van der Waals surface area contributed by atoms with E-state index in [1.807, 2.05) is 11.8 Å². The maximum absolute atomic E-state index is 2.50. The Hall–Kier alpha value is -2.52. The summed E-state index contributed by atoms with van der Waals surface area (Å²) in [6, 6.07) is 24.4. The van der Waals surface area contributed by atoms with Crippen molar-refractivity contribution in [2.45, 2.75) is 16.3 Å². The van der Waals surface area contributed by atoms with Crippen molar-refractivity contribution in [2.24, 2.45) is 0 Å². The molecule has 0 N–H and O–H groups in total. The van der Waals surface area contributed by atoms with Gasteiger partial charge in [0.05, 0.1) is 4.90 Å². The largest absolute Gasteiger partial charge is 0.296 e. The van der Waals surface area contributed by atoms with Crippen LogP contribution in [0.1, 0.15) is 0 Å². The summed E-state index contributed by atoms with van der Waals surface area (Å²) < 4.78 is 2.48. The number of aromatic nitrogens is 1. The van der Waals surface area contributed by atoms with Crippen molar-refractivity contribution < 1.29 is 4.57 Å². The lowest BCUT2D eigenvalue weighted by atomic mass is 10.1. The second-order valence-electron chi connectivity index (χ2n) is 6.46. The molecule has 0 amide bonds. The van der Waals surface area contributed by atoms with E-state index in [1.54, 1.807) is 0 Å². The molecule has 2 aliphatic heterocycles. The van der Waals surface area contributed by atoms with Gasteiger partial charge < -0.3 is 0 Å². The second kappa shape index (κ2) is 4.52. The third kappa shape index (κ3) is 1.60. The van der Waals surface area contributed by atoms with E-state index in [9.17, 15) is 0 Å². The summed E-state index contributed by atoms with van der Waals surface area (Å²) in [5, 5.41) is 3.97. The Balaban J connectivity index is 1.67. The number of anilines is 2. The molecule has 0 spiro atoms. The first-order valence-electron chi connectivity index (χ1n) is 8.32. The van der Waals surface area contributed by atoms with Crippen LogP contribution in [0.4, 0.5) is 11.5 Å². The van der Waals surface area contributed by atoms with Gasteiger partial charge in [0.25, 0.3) is 5.82 Å². The molecule has 4 aromatic rings. The molecular weight excluding hydrogens is 312 g/mol.